The van der Waals surface area contributed by atoms with Crippen LogP contribution in [0.5, 0.6) is 0 Å². The summed E-state index contributed by atoms with van der Waals surface area (Å²) in [5.41, 5.74) is 0. The van der Waals surface area contributed by atoms with E-state index in [2.05, 4.69) is 25.7 Å². The molecule has 0 radical (unpaired) electrons. The molecule has 0 saturated heterocycles. The molecule has 1 N–H and O–H groups in total. The Morgan fingerprint density at radius 1 is 0.893 bits per heavy atom. The van der Waals surface area contributed by atoms with Crippen molar-refractivity contribution in [3.8, 4) is 0 Å². The van der Waals surface area contributed by atoms with E-state index in [0.717, 1.165) is 32.1 Å². The van der Waals surface area contributed by atoms with Crippen molar-refractivity contribution in [1.29, 1.82) is 0 Å². The second kappa shape index (κ2) is 20.2. The number of carboxylic acid groups (broad SMARTS) is 1. The number of esters is 1. The number of ether oxygens (including phenoxy) is 1. The minimum atomic E-state index is -0.913. The van der Waals surface area contributed by atoms with E-state index in [9.17, 15) is 14.7 Å². The standard InChI is InChI=1S/C24H42O4/c1-3-5-6-7-8-9-10-11-12-13-14-15-16-17-18-19-22(24(26)27)21-23(25)28-20-4-2/h4,12-13,22H,2-3,5-11,14-21H2,1H3,(H,26,27)/b13-12+. The van der Waals surface area contributed by atoms with Crippen LogP contribution < -0.4 is 0 Å². The van der Waals surface area contributed by atoms with Gasteiger partial charge in [-0.1, -0.05) is 89.5 Å². The number of carboxylic acids is 1. The number of carbonyl (C=O) groups excluding carboxylic acids is 1. The number of aliphatic carboxylic acids is 1. The van der Waals surface area contributed by atoms with Gasteiger partial charge in [-0.3, -0.25) is 9.59 Å². The molecule has 0 heterocycles. The lowest BCUT2D eigenvalue weighted by Crippen LogP contribution is -2.19. The van der Waals surface area contributed by atoms with E-state index >= 15 is 0 Å². The Balaban J connectivity index is 3.56. The summed E-state index contributed by atoms with van der Waals surface area (Å²) in [6, 6.07) is 0. The van der Waals surface area contributed by atoms with E-state index in [-0.39, 0.29) is 13.0 Å². The average molecular weight is 395 g/mol. The minimum Gasteiger partial charge on any atom is -0.481 e. The first-order valence-electron chi connectivity index (χ1n) is 11.3. The molecule has 0 spiro atoms. The minimum absolute atomic E-state index is 0.0511. The SMILES string of the molecule is C=CCOC(=O)CC(CCCCCC/C=C/CCCCCCCCC)C(=O)O. The molecule has 0 aliphatic rings. The molecule has 162 valence electrons. The van der Waals surface area contributed by atoms with Gasteiger partial charge in [-0.15, -0.1) is 0 Å². The molecule has 0 saturated carbocycles. The van der Waals surface area contributed by atoms with Crippen molar-refractivity contribution >= 4 is 11.9 Å². The first-order valence-corrected chi connectivity index (χ1v) is 11.3. The van der Waals surface area contributed by atoms with Gasteiger partial charge in [0.05, 0.1) is 12.3 Å². The van der Waals surface area contributed by atoms with Gasteiger partial charge in [0, 0.05) is 0 Å². The Labute approximate surface area is 172 Å². The van der Waals surface area contributed by atoms with Crippen molar-refractivity contribution in [3.63, 3.8) is 0 Å². The fourth-order valence-corrected chi connectivity index (χ4v) is 3.19. The average Bonchev–Trinajstić information content (AvgIpc) is 2.68. The van der Waals surface area contributed by atoms with Crippen LogP contribution >= 0.6 is 0 Å². The molecule has 28 heavy (non-hydrogen) atoms. The molecule has 0 aliphatic carbocycles. The van der Waals surface area contributed by atoms with E-state index in [0.29, 0.717) is 6.42 Å². The summed E-state index contributed by atoms with van der Waals surface area (Å²) in [5, 5.41) is 9.23. The summed E-state index contributed by atoms with van der Waals surface area (Å²) in [4.78, 5) is 22.8. The third-order valence-electron chi connectivity index (χ3n) is 4.94. The molecular formula is C24H42O4. The molecule has 0 bridgehead atoms. The van der Waals surface area contributed by atoms with E-state index in [1.165, 1.54) is 57.4 Å². The molecule has 0 aromatic heterocycles. The number of rotatable bonds is 20. The predicted octanol–water partition coefficient (Wildman–Crippen LogP) is 6.84. The largest absolute Gasteiger partial charge is 0.481 e. The van der Waals surface area contributed by atoms with Crippen molar-refractivity contribution in [2.24, 2.45) is 5.92 Å². The lowest BCUT2D eigenvalue weighted by atomic mass is 9.97. The topological polar surface area (TPSA) is 63.6 Å². The molecule has 0 aliphatic heterocycles. The fourth-order valence-electron chi connectivity index (χ4n) is 3.19. The second-order valence-electron chi connectivity index (χ2n) is 7.58. The van der Waals surface area contributed by atoms with Crippen LogP contribution in [0.2, 0.25) is 0 Å². The Kier molecular flexibility index (Phi) is 19.0. The molecule has 0 aromatic carbocycles. The second-order valence-corrected chi connectivity index (χ2v) is 7.58. The highest BCUT2D eigenvalue weighted by Gasteiger charge is 2.21. The quantitative estimate of drug-likeness (QED) is 0.139. The van der Waals surface area contributed by atoms with Crippen LogP contribution in [0.25, 0.3) is 0 Å². The number of hydrogen-bond donors (Lipinski definition) is 1. The van der Waals surface area contributed by atoms with Gasteiger partial charge in [0.2, 0.25) is 0 Å². The zero-order chi connectivity index (χ0) is 20.9. The van der Waals surface area contributed by atoms with Crippen LogP contribution in [0.4, 0.5) is 0 Å². The van der Waals surface area contributed by atoms with Crippen LogP contribution in [0.15, 0.2) is 24.8 Å². The molecule has 1 unspecified atom stereocenters. The van der Waals surface area contributed by atoms with Gasteiger partial charge >= 0.3 is 11.9 Å². The third-order valence-corrected chi connectivity index (χ3v) is 4.94. The molecule has 0 amide bonds. The Morgan fingerprint density at radius 3 is 1.96 bits per heavy atom. The number of carbonyl (C=O) groups is 2. The summed E-state index contributed by atoms with van der Waals surface area (Å²) in [5.74, 6) is -2.01. The van der Waals surface area contributed by atoms with Gasteiger partial charge in [0.1, 0.15) is 6.61 Å². The van der Waals surface area contributed by atoms with E-state index in [1.54, 1.807) is 0 Å². The summed E-state index contributed by atoms with van der Waals surface area (Å²) >= 11 is 0. The predicted molar refractivity (Wildman–Crippen MR) is 116 cm³/mol. The van der Waals surface area contributed by atoms with Crippen molar-refractivity contribution in [2.45, 2.75) is 103 Å². The molecule has 1 atom stereocenters. The summed E-state index contributed by atoms with van der Waals surface area (Å²) < 4.78 is 4.87. The van der Waals surface area contributed by atoms with Gasteiger partial charge in [0.15, 0.2) is 0 Å². The Hall–Kier alpha value is -1.58. The molecule has 0 fully saturated rings. The van der Waals surface area contributed by atoms with Crippen molar-refractivity contribution in [3.05, 3.63) is 24.8 Å². The highest BCUT2D eigenvalue weighted by atomic mass is 16.5. The highest BCUT2D eigenvalue weighted by Crippen LogP contribution is 2.16. The smallest absolute Gasteiger partial charge is 0.307 e. The molecule has 0 aromatic rings. The molecular weight excluding hydrogens is 352 g/mol. The van der Waals surface area contributed by atoms with Gasteiger partial charge in [-0.05, 0) is 32.1 Å². The van der Waals surface area contributed by atoms with E-state index in [4.69, 9.17) is 4.74 Å². The van der Waals surface area contributed by atoms with Gasteiger partial charge in [0.25, 0.3) is 0 Å². The van der Waals surface area contributed by atoms with Gasteiger partial charge in [-0.2, -0.15) is 0 Å². The maximum absolute atomic E-state index is 11.5. The normalized spacial score (nSPS) is 12.2. The first kappa shape index (κ1) is 26.4. The number of allylic oxidation sites excluding steroid dienone is 2. The van der Waals surface area contributed by atoms with Crippen molar-refractivity contribution in [1.82, 2.24) is 0 Å². The summed E-state index contributed by atoms with van der Waals surface area (Å²) in [6.07, 6.45) is 22.4. The Bertz CT molecular complexity index is 428. The van der Waals surface area contributed by atoms with Crippen LogP contribution in [-0.2, 0) is 14.3 Å². The third kappa shape index (κ3) is 17.8. The summed E-state index contributed by atoms with van der Waals surface area (Å²) in [7, 11) is 0. The zero-order valence-electron chi connectivity index (χ0n) is 18.0. The van der Waals surface area contributed by atoms with Crippen LogP contribution in [0, 0.1) is 5.92 Å². The zero-order valence-corrected chi connectivity index (χ0v) is 18.0. The maximum Gasteiger partial charge on any atom is 0.307 e. The van der Waals surface area contributed by atoms with Crippen LogP contribution in [0.3, 0.4) is 0 Å². The number of unbranched alkanes of at least 4 members (excludes halogenated alkanes) is 11. The first-order chi connectivity index (χ1) is 13.6. The van der Waals surface area contributed by atoms with E-state index < -0.39 is 17.9 Å². The highest BCUT2D eigenvalue weighted by molar-refractivity contribution is 5.78. The van der Waals surface area contributed by atoms with Gasteiger partial charge < -0.3 is 9.84 Å². The lowest BCUT2D eigenvalue weighted by Gasteiger charge is -2.11. The summed E-state index contributed by atoms with van der Waals surface area (Å²) in [6.45, 7) is 5.86. The lowest BCUT2D eigenvalue weighted by molar-refractivity contribution is -0.151. The van der Waals surface area contributed by atoms with E-state index in [1.807, 2.05) is 0 Å². The van der Waals surface area contributed by atoms with Crippen LogP contribution in [-0.4, -0.2) is 23.7 Å². The van der Waals surface area contributed by atoms with Crippen molar-refractivity contribution in [2.75, 3.05) is 6.61 Å². The Morgan fingerprint density at radius 2 is 1.43 bits per heavy atom. The van der Waals surface area contributed by atoms with Crippen LogP contribution in [0.1, 0.15) is 103 Å². The molecule has 0 rings (SSSR count). The van der Waals surface area contributed by atoms with Gasteiger partial charge in [-0.25, -0.2) is 0 Å². The van der Waals surface area contributed by atoms with Crippen molar-refractivity contribution < 1.29 is 19.4 Å². The molecule has 4 heteroatoms. The number of hydrogen-bond acceptors (Lipinski definition) is 3. The monoisotopic (exact) mass is 394 g/mol. The fraction of sp³-hybridized carbons (Fsp3) is 0.750. The maximum atomic E-state index is 11.5. The molecule has 4 nitrogen and oxygen atoms in total.